The van der Waals surface area contributed by atoms with E-state index >= 15 is 0 Å². The van der Waals surface area contributed by atoms with Gasteiger partial charge >= 0.3 is 30.8 Å². The van der Waals surface area contributed by atoms with Gasteiger partial charge in [-0.2, -0.15) is 0 Å². The summed E-state index contributed by atoms with van der Waals surface area (Å²) in [6, 6.07) is 8.74. The Hall–Kier alpha value is -3.46. The molecule has 66 heavy (non-hydrogen) atoms. The van der Waals surface area contributed by atoms with Gasteiger partial charge in [0, 0.05) is 63.5 Å². The number of likely N-dealkylation sites (tertiary alicyclic amines) is 2. The average Bonchev–Trinajstić information content (AvgIpc) is 3.26. The van der Waals surface area contributed by atoms with Crippen molar-refractivity contribution in [3.8, 4) is 0 Å². The van der Waals surface area contributed by atoms with Gasteiger partial charge in [-0.1, -0.05) is 32.4 Å². The average molecular weight is 921 g/mol. The number of nitrogens with one attached hydrogen (secondary N) is 2. The number of Topliss-reactive ketones (excluding diaryl/α,β-unsaturated/α-hetero) is 2. The maximum Gasteiger partial charge on any atom is 1.00 e. The number of carbonyl (C=O) groups excluding carboxylic acids is 3. The summed E-state index contributed by atoms with van der Waals surface area (Å²) < 4.78 is 5.14. The smallest absolute Gasteiger partial charge is 0.870 e. The normalized spacial score (nSPS) is 18.1. The maximum absolute atomic E-state index is 12.3. The second-order valence-corrected chi connectivity index (χ2v) is 18.2. The summed E-state index contributed by atoms with van der Waals surface area (Å²) in [7, 11) is 0. The fraction of sp³-hybridized carbons (Fsp3) is 0.714. The van der Waals surface area contributed by atoms with Crippen LogP contribution in [0, 0.1) is 11.8 Å². The van der Waals surface area contributed by atoms with Gasteiger partial charge < -0.3 is 61.0 Å². The topological polar surface area (TPSA) is 256 Å². The number of carboxylic acid groups (broad SMARTS) is 1. The second kappa shape index (κ2) is 30.1. The van der Waals surface area contributed by atoms with Crippen LogP contribution >= 0.6 is 0 Å². The third-order valence-corrected chi connectivity index (χ3v) is 13.3. The first-order valence-electron chi connectivity index (χ1n) is 23.5. The van der Waals surface area contributed by atoms with Crippen molar-refractivity contribution in [1.29, 1.82) is 0 Å². The first kappa shape index (κ1) is 60.6. The summed E-state index contributed by atoms with van der Waals surface area (Å²) in [6.45, 7) is 11.6. The number of aromatic nitrogens is 2. The van der Waals surface area contributed by atoms with Gasteiger partial charge in [-0.15, -0.1) is 0 Å². The summed E-state index contributed by atoms with van der Waals surface area (Å²) in [5.41, 5.74) is 2.54. The Morgan fingerprint density at radius 2 is 1.11 bits per heavy atom. The molecular formula is C49H81LiN6O10. The van der Waals surface area contributed by atoms with Crippen molar-refractivity contribution in [3.63, 3.8) is 0 Å². The summed E-state index contributed by atoms with van der Waals surface area (Å²) in [4.78, 5) is 61.1. The Morgan fingerprint density at radius 3 is 1.50 bits per heavy atom. The number of anilines is 2. The van der Waals surface area contributed by atoms with E-state index in [0.29, 0.717) is 38.8 Å². The van der Waals surface area contributed by atoms with Crippen LogP contribution in [0.15, 0.2) is 24.3 Å². The van der Waals surface area contributed by atoms with Crippen molar-refractivity contribution in [3.05, 3.63) is 46.8 Å². The molecule has 4 aliphatic rings. The number of hydrogen-bond acceptors (Lipinski definition) is 14. The number of pyridine rings is 2. The second-order valence-electron chi connectivity index (χ2n) is 18.2. The third kappa shape index (κ3) is 18.6. The zero-order valence-corrected chi connectivity index (χ0v) is 39.7. The number of fused-ring (bicyclic) bond motifs is 2. The molecule has 6 heterocycles. The van der Waals surface area contributed by atoms with E-state index in [0.717, 1.165) is 127 Å². The van der Waals surface area contributed by atoms with E-state index in [2.05, 4.69) is 44.7 Å². The van der Waals surface area contributed by atoms with Crippen LogP contribution in [0.25, 0.3) is 0 Å². The third-order valence-electron chi connectivity index (χ3n) is 13.3. The molecule has 0 aliphatic carbocycles. The molecule has 16 nitrogen and oxygen atoms in total. The fourth-order valence-corrected chi connectivity index (χ4v) is 9.49. The van der Waals surface area contributed by atoms with Crippen molar-refractivity contribution in [2.45, 2.75) is 155 Å². The quantitative estimate of drug-likeness (QED) is 0.0685. The molecule has 8 N–H and O–H groups in total. The predicted molar refractivity (Wildman–Crippen MR) is 253 cm³/mol. The summed E-state index contributed by atoms with van der Waals surface area (Å²) >= 11 is 0. The number of ketones is 2. The number of aryl methyl sites for hydroxylation is 4. The number of hydrogen-bond donors (Lipinski definition) is 5. The van der Waals surface area contributed by atoms with Crippen LogP contribution in [-0.4, -0.2) is 140 Å². The van der Waals surface area contributed by atoms with Crippen molar-refractivity contribution in [1.82, 2.24) is 19.8 Å². The van der Waals surface area contributed by atoms with Crippen molar-refractivity contribution in [2.24, 2.45) is 11.8 Å². The van der Waals surface area contributed by atoms with E-state index in [9.17, 15) is 34.5 Å². The van der Waals surface area contributed by atoms with Crippen molar-refractivity contribution in [2.75, 3.05) is 69.6 Å². The minimum atomic E-state index is -1.28. The molecule has 0 bridgehead atoms. The zero-order chi connectivity index (χ0) is 44.5. The van der Waals surface area contributed by atoms with E-state index < -0.39 is 35.0 Å². The number of esters is 1. The van der Waals surface area contributed by atoms with Gasteiger partial charge in [-0.05, 0) is 147 Å². The van der Waals surface area contributed by atoms with E-state index in [1.54, 1.807) is 6.92 Å². The van der Waals surface area contributed by atoms with E-state index in [1.807, 2.05) is 0 Å². The Morgan fingerprint density at radius 1 is 0.697 bits per heavy atom. The monoisotopic (exact) mass is 921 g/mol. The van der Waals surface area contributed by atoms with E-state index in [4.69, 9.17) is 14.7 Å². The van der Waals surface area contributed by atoms with Gasteiger partial charge in [-0.25, -0.2) is 9.97 Å². The van der Waals surface area contributed by atoms with Crippen LogP contribution in [0.4, 0.5) is 11.6 Å². The fourth-order valence-electron chi connectivity index (χ4n) is 9.49. The molecule has 2 aromatic heterocycles. The van der Waals surface area contributed by atoms with Crippen LogP contribution in [0.5, 0.6) is 0 Å². The van der Waals surface area contributed by atoms with Crippen LogP contribution in [-0.2, 0) is 49.6 Å². The van der Waals surface area contributed by atoms with Gasteiger partial charge in [-0.3, -0.25) is 9.59 Å². The van der Waals surface area contributed by atoms with Crippen molar-refractivity contribution < 1.29 is 69.0 Å². The van der Waals surface area contributed by atoms with Crippen LogP contribution in [0.1, 0.15) is 141 Å². The molecule has 0 spiro atoms. The first-order valence-corrected chi connectivity index (χ1v) is 23.5. The number of rotatable bonds is 21. The Bertz CT molecular complexity index is 1790. The molecule has 368 valence electrons. The molecule has 0 radical (unpaired) electrons. The molecule has 2 fully saturated rings. The van der Waals surface area contributed by atoms with E-state index in [1.165, 1.54) is 37.8 Å². The van der Waals surface area contributed by atoms with Gasteiger partial charge in [0.1, 0.15) is 23.2 Å². The number of piperidine rings is 2. The minimum Gasteiger partial charge on any atom is -0.870 e. The zero-order valence-electron chi connectivity index (χ0n) is 39.7. The first-order chi connectivity index (χ1) is 29.8. The summed E-state index contributed by atoms with van der Waals surface area (Å²) in [5, 5.41) is 38.2. The standard InChI is InChI=1S/C25H39N3O4.C23H35N3O4.CH4.Li.2H2O/c1-3-32-24(30)22(18-19(2)29)25(31)12-16-28(17-13-25)15-6-4-5-9-21-11-10-20-8-7-14-26-23(20)27-21;1-17(27)16-20(22(28)29)23(30)10-14-26(15-11-23)13-4-2-3-7-19-9-8-18-6-5-12-24-21(18)25-19;;;;/h10-11,22,31H,3-9,12-18H2,1-2H3,(H,26,27);8-9,20,30H,2-7,10-16H2,1H3,(H,24,25)(H,28,29);1H4;;2*1H2/q;;;+1;;/p-1. The predicted octanol–water partition coefficient (Wildman–Crippen LogP) is 2.44. The number of ether oxygens (including phenoxy) is 1. The Labute approximate surface area is 405 Å². The molecule has 2 atom stereocenters. The van der Waals surface area contributed by atoms with Crippen LogP contribution < -0.4 is 29.5 Å². The van der Waals surface area contributed by atoms with Gasteiger partial charge in [0.25, 0.3) is 0 Å². The molecule has 0 amide bonds. The molecule has 0 aromatic carbocycles. The molecule has 0 saturated carbocycles. The molecule has 6 rings (SSSR count). The molecule has 4 aliphatic heterocycles. The maximum atomic E-state index is 12.3. The summed E-state index contributed by atoms with van der Waals surface area (Å²) in [6.07, 6.45) is 15.0. The molecule has 17 heteroatoms. The Balaban J connectivity index is 0.000000623. The number of carbonyl (C=O) groups is 4. The van der Waals surface area contributed by atoms with Gasteiger partial charge in [0.2, 0.25) is 0 Å². The largest absolute Gasteiger partial charge is 1.00 e. The van der Waals surface area contributed by atoms with Crippen LogP contribution in [0.3, 0.4) is 0 Å². The number of carboxylic acids is 1. The summed E-state index contributed by atoms with van der Waals surface area (Å²) in [5.74, 6) is -1.46. The molecular weight excluding hydrogens is 840 g/mol. The Kier molecular flexibility index (Phi) is 27.6. The van der Waals surface area contributed by atoms with Crippen LogP contribution in [0.2, 0.25) is 0 Å². The SMILES string of the molecule is C.CC(=O)CC(C(=O)O)C1(O)CCN(CCCCCc2ccc3c(n2)NCCC3)CC1.CCOC(=O)C(CC(C)=O)C1(O)CCN(CCCCCc2ccc3c(n2)NCCC3)CC1.O.[Li+].[OH-]. The number of aliphatic carboxylic acids is 1. The van der Waals surface area contributed by atoms with Crippen molar-refractivity contribution >= 4 is 35.1 Å². The van der Waals surface area contributed by atoms with Gasteiger partial charge in [0.15, 0.2) is 0 Å². The molecule has 2 saturated heterocycles. The van der Waals surface area contributed by atoms with Gasteiger partial charge in [0.05, 0.1) is 29.6 Å². The number of unbranched alkanes of at least 4 members (excludes halogenated alkanes) is 4. The number of nitrogens with zero attached hydrogens (tertiary/aromatic N) is 4. The minimum absolute atomic E-state index is 0. The number of aliphatic hydroxyl groups is 2. The van der Waals surface area contributed by atoms with E-state index in [-0.39, 0.29) is 68.3 Å². The molecule has 2 unspecified atom stereocenters. The molecule has 2 aromatic rings.